The van der Waals surface area contributed by atoms with Crippen molar-refractivity contribution >= 4 is 38.2 Å². The smallest absolute Gasteiger partial charge is 0.161 e. The Bertz CT molecular complexity index is 737. The van der Waals surface area contributed by atoms with Gasteiger partial charge >= 0.3 is 0 Å². The van der Waals surface area contributed by atoms with E-state index in [4.69, 9.17) is 0 Å². The molecule has 1 aromatic heterocycles. The number of carbonyl (C=O) groups excluding carboxylic acids is 1. The van der Waals surface area contributed by atoms with Crippen LogP contribution in [0.4, 0.5) is 0 Å². The quantitative estimate of drug-likeness (QED) is 0.741. The number of hydrogen-bond acceptors (Lipinski definition) is 1. The van der Waals surface area contributed by atoms with E-state index in [-0.39, 0.29) is 11.2 Å². The van der Waals surface area contributed by atoms with Crippen LogP contribution < -0.4 is 0 Å². The fraction of sp³-hybridized carbons (Fsp3) is 0.353. The maximum atomic E-state index is 12.2. The van der Waals surface area contributed by atoms with Crippen LogP contribution in [0.2, 0.25) is 0 Å². The Morgan fingerprint density at radius 3 is 2.75 bits per heavy atom. The number of benzene rings is 1. The lowest BCUT2D eigenvalue weighted by Crippen LogP contribution is -2.25. The minimum absolute atomic E-state index is 0.214. The van der Waals surface area contributed by atoms with Gasteiger partial charge in [-0.2, -0.15) is 0 Å². The van der Waals surface area contributed by atoms with Gasteiger partial charge in [-0.3, -0.25) is 4.79 Å². The number of aryl methyl sites for hydroxylation is 1. The number of halogens is 1. The van der Waals surface area contributed by atoms with E-state index in [2.05, 4.69) is 51.9 Å². The first-order valence-corrected chi connectivity index (χ1v) is 7.68. The number of fused-ring (bicyclic) bond motifs is 1. The summed E-state index contributed by atoms with van der Waals surface area (Å²) < 4.78 is 3.20. The Hall–Kier alpha value is -1.35. The van der Waals surface area contributed by atoms with Crippen molar-refractivity contribution < 1.29 is 4.79 Å². The van der Waals surface area contributed by atoms with Crippen LogP contribution in [0, 0.1) is 5.41 Å². The Balaban J connectivity index is 2.16. The van der Waals surface area contributed by atoms with Crippen molar-refractivity contribution in [3.63, 3.8) is 0 Å². The maximum absolute atomic E-state index is 12.2. The molecule has 0 aliphatic heterocycles. The second-order valence-electron chi connectivity index (χ2n) is 6.23. The molecule has 1 heterocycles. The molecular weight excluding hydrogens is 314 g/mol. The fourth-order valence-electron chi connectivity index (χ4n) is 2.83. The van der Waals surface area contributed by atoms with Gasteiger partial charge in [-0.15, -0.1) is 0 Å². The van der Waals surface area contributed by atoms with Crippen LogP contribution in [0.25, 0.3) is 16.5 Å². The molecule has 0 spiro atoms. The highest BCUT2D eigenvalue weighted by Gasteiger charge is 2.30. The van der Waals surface area contributed by atoms with Crippen LogP contribution in [-0.2, 0) is 11.8 Å². The number of ketones is 1. The number of aromatic nitrogens is 1. The van der Waals surface area contributed by atoms with Gasteiger partial charge in [0.1, 0.15) is 0 Å². The molecular formula is C17H18BrNO. The molecule has 0 saturated carbocycles. The summed E-state index contributed by atoms with van der Waals surface area (Å²) in [7, 11) is 2.05. The van der Waals surface area contributed by atoms with Crippen molar-refractivity contribution in [1.82, 2.24) is 4.57 Å². The van der Waals surface area contributed by atoms with Gasteiger partial charge in [0.2, 0.25) is 0 Å². The van der Waals surface area contributed by atoms with Crippen LogP contribution in [-0.4, -0.2) is 10.4 Å². The average Bonchev–Trinajstić information content (AvgIpc) is 2.70. The minimum Gasteiger partial charge on any atom is -0.350 e. The Labute approximate surface area is 127 Å². The molecule has 0 saturated heterocycles. The zero-order valence-electron chi connectivity index (χ0n) is 12.0. The van der Waals surface area contributed by atoms with Gasteiger partial charge in [0.25, 0.3) is 0 Å². The molecule has 0 unspecified atom stereocenters. The molecule has 0 fully saturated rings. The van der Waals surface area contributed by atoms with Gasteiger partial charge in [0.15, 0.2) is 5.78 Å². The van der Waals surface area contributed by atoms with Crippen LogP contribution in [0.1, 0.15) is 32.3 Å². The summed E-state index contributed by atoms with van der Waals surface area (Å²) in [5.41, 5.74) is 3.33. The summed E-state index contributed by atoms with van der Waals surface area (Å²) in [6.07, 6.45) is 5.86. The summed E-state index contributed by atoms with van der Waals surface area (Å²) in [6.45, 7) is 4.06. The SMILES string of the molecule is Cn1cc(C2=CC(=O)C(C)(C)CC2)c2cc(Br)ccc21. The maximum Gasteiger partial charge on any atom is 0.161 e. The zero-order chi connectivity index (χ0) is 14.5. The van der Waals surface area contributed by atoms with Gasteiger partial charge in [-0.1, -0.05) is 29.8 Å². The lowest BCUT2D eigenvalue weighted by molar-refractivity contribution is -0.122. The van der Waals surface area contributed by atoms with Gasteiger partial charge in [-0.05, 0) is 42.7 Å². The normalized spacial score (nSPS) is 18.4. The minimum atomic E-state index is -0.214. The number of hydrogen-bond donors (Lipinski definition) is 0. The predicted molar refractivity (Wildman–Crippen MR) is 86.6 cm³/mol. The molecule has 1 aromatic carbocycles. The van der Waals surface area contributed by atoms with Gasteiger partial charge < -0.3 is 4.57 Å². The van der Waals surface area contributed by atoms with Crippen molar-refractivity contribution in [1.29, 1.82) is 0 Å². The highest BCUT2D eigenvalue weighted by molar-refractivity contribution is 9.10. The molecule has 0 N–H and O–H groups in total. The highest BCUT2D eigenvalue weighted by Crippen LogP contribution is 2.38. The van der Waals surface area contributed by atoms with Crippen molar-refractivity contribution in [2.24, 2.45) is 12.5 Å². The standard InChI is InChI=1S/C17H18BrNO/c1-17(2)7-6-11(8-16(17)20)14-10-19(3)15-5-4-12(18)9-13(14)15/h4-5,8-10H,6-7H2,1-3H3. The number of nitrogens with zero attached hydrogens (tertiary/aromatic N) is 1. The molecule has 0 amide bonds. The molecule has 2 aromatic rings. The molecule has 3 heteroatoms. The lowest BCUT2D eigenvalue weighted by Gasteiger charge is -2.27. The molecule has 0 atom stereocenters. The predicted octanol–water partition coefficient (Wildman–Crippen LogP) is 4.71. The summed E-state index contributed by atoms with van der Waals surface area (Å²) in [4.78, 5) is 12.2. The summed E-state index contributed by atoms with van der Waals surface area (Å²) in [6, 6.07) is 6.30. The Morgan fingerprint density at radius 2 is 2.05 bits per heavy atom. The fourth-order valence-corrected chi connectivity index (χ4v) is 3.19. The largest absolute Gasteiger partial charge is 0.350 e. The van der Waals surface area contributed by atoms with Crippen LogP contribution in [0.5, 0.6) is 0 Å². The van der Waals surface area contributed by atoms with Crippen LogP contribution in [0.15, 0.2) is 34.9 Å². The first-order valence-electron chi connectivity index (χ1n) is 6.88. The Morgan fingerprint density at radius 1 is 1.30 bits per heavy atom. The molecule has 0 bridgehead atoms. The van der Waals surface area contributed by atoms with E-state index in [1.807, 2.05) is 19.9 Å². The molecule has 3 rings (SSSR count). The monoisotopic (exact) mass is 331 g/mol. The Kier molecular flexibility index (Phi) is 3.13. The van der Waals surface area contributed by atoms with E-state index in [0.717, 1.165) is 22.9 Å². The van der Waals surface area contributed by atoms with Crippen molar-refractivity contribution in [3.05, 3.63) is 40.5 Å². The molecule has 1 aliphatic carbocycles. The van der Waals surface area contributed by atoms with Crippen molar-refractivity contribution in [2.75, 3.05) is 0 Å². The highest BCUT2D eigenvalue weighted by atomic mass is 79.9. The van der Waals surface area contributed by atoms with Crippen molar-refractivity contribution in [2.45, 2.75) is 26.7 Å². The first-order chi connectivity index (χ1) is 9.38. The lowest BCUT2D eigenvalue weighted by atomic mass is 9.76. The van der Waals surface area contributed by atoms with E-state index in [0.29, 0.717) is 0 Å². The molecule has 104 valence electrons. The van der Waals surface area contributed by atoms with E-state index in [1.54, 1.807) is 0 Å². The molecule has 1 aliphatic rings. The molecule has 0 radical (unpaired) electrons. The average molecular weight is 332 g/mol. The molecule has 20 heavy (non-hydrogen) atoms. The van der Waals surface area contributed by atoms with Crippen LogP contribution >= 0.6 is 15.9 Å². The number of allylic oxidation sites excluding steroid dienone is 2. The van der Waals surface area contributed by atoms with Gasteiger partial charge in [0.05, 0.1) is 0 Å². The summed E-state index contributed by atoms with van der Waals surface area (Å²) in [5.74, 6) is 0.241. The number of rotatable bonds is 1. The zero-order valence-corrected chi connectivity index (χ0v) is 13.6. The van der Waals surface area contributed by atoms with E-state index >= 15 is 0 Å². The summed E-state index contributed by atoms with van der Waals surface area (Å²) in [5, 5.41) is 1.21. The first kappa shape index (κ1) is 13.6. The second kappa shape index (κ2) is 4.59. The third-order valence-corrected chi connectivity index (χ3v) is 4.78. The third-order valence-electron chi connectivity index (χ3n) is 4.29. The molecule has 2 nitrogen and oxygen atoms in total. The van der Waals surface area contributed by atoms with Crippen LogP contribution in [0.3, 0.4) is 0 Å². The van der Waals surface area contributed by atoms with Gasteiger partial charge in [0, 0.05) is 39.6 Å². The number of carbonyl (C=O) groups is 1. The van der Waals surface area contributed by atoms with E-state index < -0.39 is 0 Å². The summed E-state index contributed by atoms with van der Waals surface area (Å²) >= 11 is 3.53. The van der Waals surface area contributed by atoms with E-state index in [9.17, 15) is 4.79 Å². The third kappa shape index (κ3) is 2.14. The van der Waals surface area contributed by atoms with Crippen molar-refractivity contribution in [3.8, 4) is 0 Å². The second-order valence-corrected chi connectivity index (χ2v) is 7.15. The van der Waals surface area contributed by atoms with E-state index in [1.165, 1.54) is 16.5 Å². The topological polar surface area (TPSA) is 22.0 Å². The van der Waals surface area contributed by atoms with Gasteiger partial charge in [-0.25, -0.2) is 0 Å².